The molecule has 0 fully saturated rings. The lowest BCUT2D eigenvalue weighted by molar-refractivity contribution is 0.0601. The zero-order chi connectivity index (χ0) is 23.7. The summed E-state index contributed by atoms with van der Waals surface area (Å²) in [6, 6.07) is 11.4. The number of esters is 1. The van der Waals surface area contributed by atoms with E-state index in [9.17, 15) is 13.2 Å². The summed E-state index contributed by atoms with van der Waals surface area (Å²) < 4.78 is 35.5. The maximum atomic E-state index is 13.1. The van der Waals surface area contributed by atoms with Crippen LogP contribution < -0.4 is 4.72 Å². The first-order valence-electron chi connectivity index (χ1n) is 10.2. The Hall–Kier alpha value is -3.20. The number of nitrogens with one attached hydrogen (secondary N) is 1. The van der Waals surface area contributed by atoms with Crippen LogP contribution in [0.4, 0.5) is 5.69 Å². The van der Waals surface area contributed by atoms with E-state index >= 15 is 0 Å². The summed E-state index contributed by atoms with van der Waals surface area (Å²) in [6.45, 7) is 8.14. The fourth-order valence-electron chi connectivity index (χ4n) is 3.30. The largest absolute Gasteiger partial charge is 0.465 e. The molecule has 2 aromatic carbocycles. The van der Waals surface area contributed by atoms with Crippen LogP contribution in [0.5, 0.6) is 0 Å². The van der Waals surface area contributed by atoms with Gasteiger partial charge in [-0.15, -0.1) is 10.2 Å². The van der Waals surface area contributed by atoms with E-state index in [-0.39, 0.29) is 21.6 Å². The number of rotatable bonds is 6. The van der Waals surface area contributed by atoms with Gasteiger partial charge in [-0.3, -0.25) is 4.72 Å². The first-order chi connectivity index (χ1) is 15.0. The van der Waals surface area contributed by atoms with Gasteiger partial charge < -0.3 is 9.30 Å². The molecule has 0 saturated carbocycles. The minimum absolute atomic E-state index is 0.0885. The molecule has 0 aliphatic heterocycles. The van der Waals surface area contributed by atoms with Crippen molar-refractivity contribution < 1.29 is 17.9 Å². The number of nitrogens with zero attached hydrogens (tertiary/aromatic N) is 3. The monoisotopic (exact) mass is 456 g/mol. The lowest BCUT2D eigenvalue weighted by Crippen LogP contribution is -2.16. The quantitative estimate of drug-likeness (QED) is 0.564. The van der Waals surface area contributed by atoms with E-state index in [1.54, 1.807) is 29.8 Å². The molecule has 9 heteroatoms. The minimum Gasteiger partial charge on any atom is -0.465 e. The molecule has 1 N–H and O–H groups in total. The molecule has 3 aromatic rings. The van der Waals surface area contributed by atoms with Gasteiger partial charge in [0.05, 0.1) is 23.3 Å². The van der Waals surface area contributed by atoms with Crippen molar-refractivity contribution in [3.05, 3.63) is 59.4 Å². The van der Waals surface area contributed by atoms with Crippen LogP contribution in [-0.2, 0) is 33.6 Å². The number of carbonyl (C=O) groups excluding carboxylic acids is 1. The average molecular weight is 457 g/mol. The molecule has 0 saturated heterocycles. The van der Waals surface area contributed by atoms with Crippen LogP contribution in [0.25, 0.3) is 11.4 Å². The van der Waals surface area contributed by atoms with Crippen LogP contribution in [0.3, 0.4) is 0 Å². The molecule has 1 aromatic heterocycles. The number of aromatic nitrogens is 3. The summed E-state index contributed by atoms with van der Waals surface area (Å²) in [4.78, 5) is 12.2. The van der Waals surface area contributed by atoms with E-state index in [1.165, 1.54) is 19.2 Å². The Morgan fingerprint density at radius 2 is 1.75 bits per heavy atom. The number of anilines is 1. The molecule has 0 unspecified atom stereocenters. The molecule has 0 aliphatic carbocycles. The SMILES string of the molecule is CCc1nnc(-c2cc(C(=O)OC)ccc2NS(=O)(=O)c2ccc(C(C)(C)C)cc2)n1C. The Morgan fingerprint density at radius 1 is 1.09 bits per heavy atom. The number of benzene rings is 2. The summed E-state index contributed by atoms with van der Waals surface area (Å²) >= 11 is 0. The van der Waals surface area contributed by atoms with Crippen molar-refractivity contribution in [2.24, 2.45) is 7.05 Å². The van der Waals surface area contributed by atoms with E-state index < -0.39 is 16.0 Å². The van der Waals surface area contributed by atoms with Crippen LogP contribution in [0, 0.1) is 0 Å². The molecule has 0 spiro atoms. The van der Waals surface area contributed by atoms with Crippen LogP contribution >= 0.6 is 0 Å². The maximum Gasteiger partial charge on any atom is 0.337 e. The Morgan fingerprint density at radius 3 is 2.28 bits per heavy atom. The van der Waals surface area contributed by atoms with Crippen molar-refractivity contribution in [3.8, 4) is 11.4 Å². The summed E-state index contributed by atoms with van der Waals surface area (Å²) in [5.74, 6) is 0.639. The van der Waals surface area contributed by atoms with Gasteiger partial charge >= 0.3 is 5.97 Å². The molecule has 32 heavy (non-hydrogen) atoms. The molecule has 1 heterocycles. The number of aryl methyl sites for hydroxylation is 1. The first kappa shape index (κ1) is 23.5. The molecule has 170 valence electrons. The van der Waals surface area contributed by atoms with E-state index in [4.69, 9.17) is 4.74 Å². The van der Waals surface area contributed by atoms with Crippen LogP contribution in [0.2, 0.25) is 0 Å². The predicted molar refractivity (Wildman–Crippen MR) is 123 cm³/mol. The molecule has 0 radical (unpaired) electrons. The lowest BCUT2D eigenvalue weighted by Gasteiger charge is -2.19. The van der Waals surface area contributed by atoms with Gasteiger partial charge in [0.15, 0.2) is 5.82 Å². The van der Waals surface area contributed by atoms with Gasteiger partial charge in [0.2, 0.25) is 0 Å². The Labute approximate surface area is 188 Å². The van der Waals surface area contributed by atoms with Crippen molar-refractivity contribution in [3.63, 3.8) is 0 Å². The molecule has 8 nitrogen and oxygen atoms in total. The summed E-state index contributed by atoms with van der Waals surface area (Å²) in [5.41, 5.74) is 1.94. The molecule has 0 bridgehead atoms. The Bertz CT molecular complexity index is 1240. The summed E-state index contributed by atoms with van der Waals surface area (Å²) in [6.07, 6.45) is 0.654. The third kappa shape index (κ3) is 4.67. The number of hydrogen-bond donors (Lipinski definition) is 1. The summed E-state index contributed by atoms with van der Waals surface area (Å²) in [7, 11) is -0.797. The third-order valence-electron chi connectivity index (χ3n) is 5.24. The molecule has 0 aliphatic rings. The third-order valence-corrected chi connectivity index (χ3v) is 6.62. The zero-order valence-electron chi connectivity index (χ0n) is 19.1. The first-order valence-corrected chi connectivity index (χ1v) is 11.7. The van der Waals surface area contributed by atoms with E-state index in [0.717, 1.165) is 11.4 Å². The van der Waals surface area contributed by atoms with Gasteiger partial charge in [0, 0.05) is 19.0 Å². The number of methoxy groups -OCH3 is 1. The Balaban J connectivity index is 2.06. The standard InChI is InChI=1S/C23H28N4O4S/c1-7-20-24-25-21(27(20)5)18-14-15(22(28)31-6)8-13-19(18)26-32(29,30)17-11-9-16(10-12-17)23(2,3)4/h8-14,26H,7H2,1-6H3. The van der Waals surface area contributed by atoms with Gasteiger partial charge in [0.25, 0.3) is 10.0 Å². The molecule has 0 atom stereocenters. The highest BCUT2D eigenvalue weighted by molar-refractivity contribution is 7.92. The fourth-order valence-corrected chi connectivity index (χ4v) is 4.38. The van der Waals surface area contributed by atoms with Crippen LogP contribution in [-0.4, -0.2) is 36.3 Å². The van der Waals surface area contributed by atoms with Crippen LogP contribution in [0.15, 0.2) is 47.4 Å². The second-order valence-corrected chi connectivity index (χ2v) is 10.2. The number of sulfonamides is 1. The van der Waals surface area contributed by atoms with E-state index in [1.807, 2.05) is 19.1 Å². The van der Waals surface area contributed by atoms with Gasteiger partial charge in [-0.25, -0.2) is 13.2 Å². The highest BCUT2D eigenvalue weighted by Gasteiger charge is 2.22. The molecule has 3 rings (SSSR count). The number of carbonyl (C=O) groups is 1. The maximum absolute atomic E-state index is 13.1. The minimum atomic E-state index is -3.88. The van der Waals surface area contributed by atoms with Gasteiger partial charge in [-0.2, -0.15) is 0 Å². The van der Waals surface area contributed by atoms with Crippen LogP contribution in [0.1, 0.15) is 49.4 Å². The van der Waals surface area contributed by atoms with Gasteiger partial charge in [-0.1, -0.05) is 39.8 Å². The molecular formula is C23H28N4O4S. The van der Waals surface area contributed by atoms with Crippen molar-refractivity contribution in [2.75, 3.05) is 11.8 Å². The van der Waals surface area contributed by atoms with E-state index in [0.29, 0.717) is 17.8 Å². The topological polar surface area (TPSA) is 103 Å². The van der Waals surface area contributed by atoms with Crippen molar-refractivity contribution in [1.29, 1.82) is 0 Å². The Kier molecular flexibility index (Phi) is 6.41. The van der Waals surface area contributed by atoms with Gasteiger partial charge in [-0.05, 0) is 41.3 Å². The van der Waals surface area contributed by atoms with Crippen molar-refractivity contribution in [2.45, 2.75) is 44.4 Å². The van der Waals surface area contributed by atoms with E-state index in [2.05, 4.69) is 35.7 Å². The van der Waals surface area contributed by atoms with Crippen molar-refractivity contribution in [1.82, 2.24) is 14.8 Å². The van der Waals surface area contributed by atoms with Crippen molar-refractivity contribution >= 4 is 21.7 Å². The second-order valence-electron chi connectivity index (χ2n) is 8.48. The summed E-state index contributed by atoms with van der Waals surface area (Å²) in [5, 5.41) is 8.36. The molecule has 0 amide bonds. The normalized spacial score (nSPS) is 11.9. The number of ether oxygens (including phenoxy) is 1. The fraction of sp³-hybridized carbons (Fsp3) is 0.348. The smallest absolute Gasteiger partial charge is 0.337 e. The average Bonchev–Trinajstić information content (AvgIpc) is 3.13. The van der Waals surface area contributed by atoms with Gasteiger partial charge in [0.1, 0.15) is 5.82 Å². The second kappa shape index (κ2) is 8.74. The number of hydrogen-bond acceptors (Lipinski definition) is 6. The zero-order valence-corrected chi connectivity index (χ0v) is 19.9. The predicted octanol–water partition coefficient (Wildman–Crippen LogP) is 3.93. The highest BCUT2D eigenvalue weighted by atomic mass is 32.2. The lowest BCUT2D eigenvalue weighted by atomic mass is 9.87. The molecular weight excluding hydrogens is 428 g/mol. The highest BCUT2D eigenvalue weighted by Crippen LogP contribution is 2.31.